The first kappa shape index (κ1) is 21.3. The van der Waals surface area contributed by atoms with E-state index in [2.05, 4.69) is 9.88 Å². The second-order valence-corrected chi connectivity index (χ2v) is 10.8. The van der Waals surface area contributed by atoms with Gasteiger partial charge in [-0.25, -0.2) is 13.4 Å². The number of carbonyl (C=O) groups is 1. The summed E-state index contributed by atoms with van der Waals surface area (Å²) in [6.45, 7) is 3.05. The van der Waals surface area contributed by atoms with Crippen LogP contribution < -0.4 is 10.5 Å². The molecule has 2 saturated heterocycles. The van der Waals surface area contributed by atoms with Gasteiger partial charge in [0.2, 0.25) is 15.9 Å². The fraction of sp³-hybridized carbons (Fsp3) is 0.381. The summed E-state index contributed by atoms with van der Waals surface area (Å²) in [4.78, 5) is 33.3. The van der Waals surface area contributed by atoms with Crippen LogP contribution in [0.25, 0.3) is 4.96 Å². The molecular weight excluding hydrogens is 450 g/mol. The molecule has 3 aromatic rings. The van der Waals surface area contributed by atoms with E-state index in [1.807, 2.05) is 5.38 Å². The van der Waals surface area contributed by atoms with Crippen molar-refractivity contribution in [3.63, 3.8) is 0 Å². The van der Waals surface area contributed by atoms with Crippen molar-refractivity contribution in [2.24, 2.45) is 0 Å². The predicted octanol–water partition coefficient (Wildman–Crippen LogP) is 1.39. The Morgan fingerprint density at radius 1 is 1.00 bits per heavy atom. The minimum absolute atomic E-state index is 0.0761. The highest BCUT2D eigenvalue weighted by Crippen LogP contribution is 2.25. The molecule has 2 aliphatic rings. The molecular formula is C21H23N5O4S2. The Balaban J connectivity index is 1.23. The number of hydrogen-bond acceptors (Lipinski definition) is 7. The third-order valence-corrected chi connectivity index (χ3v) is 8.60. The zero-order valence-electron chi connectivity index (χ0n) is 17.4. The number of thiazole rings is 1. The molecule has 0 unspecified atom stereocenters. The summed E-state index contributed by atoms with van der Waals surface area (Å²) in [5.74, 6) is 0.0761. The van der Waals surface area contributed by atoms with Crippen molar-refractivity contribution in [3.8, 4) is 0 Å². The summed E-state index contributed by atoms with van der Waals surface area (Å²) in [5.41, 5.74) is 1.33. The van der Waals surface area contributed by atoms with Gasteiger partial charge in [-0.15, -0.1) is 11.3 Å². The Morgan fingerprint density at radius 3 is 2.44 bits per heavy atom. The van der Waals surface area contributed by atoms with E-state index >= 15 is 0 Å². The van der Waals surface area contributed by atoms with Gasteiger partial charge in [-0.1, -0.05) is 0 Å². The van der Waals surface area contributed by atoms with E-state index in [9.17, 15) is 18.0 Å². The molecule has 0 bridgehead atoms. The first-order chi connectivity index (χ1) is 15.4. The van der Waals surface area contributed by atoms with Crippen LogP contribution >= 0.6 is 11.3 Å². The molecule has 11 heteroatoms. The summed E-state index contributed by atoms with van der Waals surface area (Å²) in [6.07, 6.45) is 3.07. The quantitative estimate of drug-likeness (QED) is 0.556. The maximum atomic E-state index is 13.1. The maximum absolute atomic E-state index is 13.1. The minimum Gasteiger partial charge on any atom is -0.312 e. The van der Waals surface area contributed by atoms with Crippen LogP contribution in [0.3, 0.4) is 0 Å². The summed E-state index contributed by atoms with van der Waals surface area (Å²) < 4.78 is 29.2. The molecule has 2 fully saturated rings. The average molecular weight is 474 g/mol. The lowest BCUT2D eigenvalue weighted by Crippen LogP contribution is -2.48. The van der Waals surface area contributed by atoms with Crippen LogP contribution in [0.5, 0.6) is 0 Å². The number of amides is 1. The van der Waals surface area contributed by atoms with Gasteiger partial charge in [0.15, 0.2) is 4.96 Å². The van der Waals surface area contributed by atoms with Gasteiger partial charge >= 0.3 is 0 Å². The van der Waals surface area contributed by atoms with Crippen LogP contribution in [-0.2, 0) is 21.4 Å². The second-order valence-electron chi connectivity index (χ2n) is 7.96. The standard InChI is InChI=1S/C21H23N5O4S2/c27-19-2-1-7-25(19)17-3-5-18(6-4-17)32(29,30)24-10-8-23(9-11-24)15-16-14-20(28)26-12-13-31-21(26)22-16/h3-6,12-14H,1-2,7-11,15H2. The lowest BCUT2D eigenvalue weighted by atomic mass is 10.3. The van der Waals surface area contributed by atoms with Gasteiger partial charge in [0.25, 0.3) is 5.56 Å². The Morgan fingerprint density at radius 2 is 1.75 bits per heavy atom. The zero-order chi connectivity index (χ0) is 22.3. The van der Waals surface area contributed by atoms with Crippen LogP contribution in [0.15, 0.2) is 51.6 Å². The van der Waals surface area contributed by atoms with E-state index in [1.54, 1.807) is 35.4 Å². The van der Waals surface area contributed by atoms with Gasteiger partial charge in [0.1, 0.15) is 0 Å². The highest BCUT2D eigenvalue weighted by Gasteiger charge is 2.29. The number of rotatable bonds is 5. The molecule has 0 radical (unpaired) electrons. The smallest absolute Gasteiger partial charge is 0.258 e. The molecule has 0 saturated carbocycles. The first-order valence-electron chi connectivity index (χ1n) is 10.5. The van der Waals surface area contributed by atoms with Gasteiger partial charge < -0.3 is 4.90 Å². The SMILES string of the molecule is O=C1CCCN1c1ccc(S(=O)(=O)N2CCN(Cc3cc(=O)n4ccsc4n3)CC2)cc1. The average Bonchev–Trinajstić information content (AvgIpc) is 3.43. The molecule has 32 heavy (non-hydrogen) atoms. The van der Waals surface area contributed by atoms with Crippen LogP contribution in [0.4, 0.5) is 5.69 Å². The molecule has 0 aliphatic carbocycles. The topological polar surface area (TPSA) is 95.3 Å². The number of carbonyl (C=O) groups excluding carboxylic acids is 1. The van der Waals surface area contributed by atoms with E-state index in [-0.39, 0.29) is 16.4 Å². The number of sulfonamides is 1. The molecule has 1 aromatic carbocycles. The normalized spacial score (nSPS) is 18.6. The molecule has 168 valence electrons. The van der Waals surface area contributed by atoms with Crippen LogP contribution in [-0.4, -0.2) is 65.6 Å². The van der Waals surface area contributed by atoms with Gasteiger partial charge in [-0.3, -0.25) is 18.9 Å². The van der Waals surface area contributed by atoms with E-state index in [0.717, 1.165) is 12.1 Å². The van der Waals surface area contributed by atoms with E-state index in [0.29, 0.717) is 56.3 Å². The Kier molecular flexibility index (Phi) is 5.58. The van der Waals surface area contributed by atoms with Crippen molar-refractivity contribution in [1.82, 2.24) is 18.6 Å². The fourth-order valence-electron chi connectivity index (χ4n) is 4.19. The molecule has 0 atom stereocenters. The monoisotopic (exact) mass is 473 g/mol. The Bertz CT molecular complexity index is 1310. The molecule has 4 heterocycles. The van der Waals surface area contributed by atoms with Crippen molar-refractivity contribution in [3.05, 3.63) is 58.0 Å². The van der Waals surface area contributed by atoms with Gasteiger partial charge in [-0.05, 0) is 30.7 Å². The molecule has 0 spiro atoms. The number of fused-ring (bicyclic) bond motifs is 1. The van der Waals surface area contributed by atoms with Gasteiger partial charge in [0, 0.05) is 69.0 Å². The van der Waals surface area contributed by atoms with Crippen molar-refractivity contribution in [2.75, 3.05) is 37.6 Å². The molecule has 2 aromatic heterocycles. The molecule has 9 nitrogen and oxygen atoms in total. The van der Waals surface area contributed by atoms with Crippen molar-refractivity contribution in [1.29, 1.82) is 0 Å². The maximum Gasteiger partial charge on any atom is 0.258 e. The number of benzene rings is 1. The van der Waals surface area contributed by atoms with E-state index in [1.165, 1.54) is 26.1 Å². The third kappa shape index (κ3) is 3.96. The summed E-state index contributed by atoms with van der Waals surface area (Å²) >= 11 is 1.41. The summed E-state index contributed by atoms with van der Waals surface area (Å²) in [6, 6.07) is 8.11. The van der Waals surface area contributed by atoms with Gasteiger partial charge in [-0.2, -0.15) is 4.31 Å². The minimum atomic E-state index is -3.60. The van der Waals surface area contributed by atoms with Crippen molar-refractivity contribution >= 4 is 37.9 Å². The largest absolute Gasteiger partial charge is 0.312 e. The Labute approximate surface area is 189 Å². The van der Waals surface area contributed by atoms with E-state index < -0.39 is 10.0 Å². The lowest BCUT2D eigenvalue weighted by molar-refractivity contribution is -0.117. The predicted molar refractivity (Wildman–Crippen MR) is 121 cm³/mol. The molecule has 1 amide bonds. The van der Waals surface area contributed by atoms with Crippen molar-refractivity contribution in [2.45, 2.75) is 24.3 Å². The Hall–Kier alpha value is -2.60. The number of anilines is 1. The highest BCUT2D eigenvalue weighted by molar-refractivity contribution is 7.89. The lowest BCUT2D eigenvalue weighted by Gasteiger charge is -2.33. The number of aromatic nitrogens is 2. The highest BCUT2D eigenvalue weighted by atomic mass is 32.2. The first-order valence-corrected chi connectivity index (χ1v) is 12.8. The number of nitrogens with zero attached hydrogens (tertiary/aromatic N) is 5. The molecule has 0 N–H and O–H groups in total. The second kappa shape index (κ2) is 8.39. The van der Waals surface area contributed by atoms with Gasteiger partial charge in [0.05, 0.1) is 10.6 Å². The zero-order valence-corrected chi connectivity index (χ0v) is 19.0. The van der Waals surface area contributed by atoms with E-state index in [4.69, 9.17) is 0 Å². The fourth-order valence-corrected chi connectivity index (χ4v) is 6.36. The molecule has 2 aliphatic heterocycles. The summed E-state index contributed by atoms with van der Waals surface area (Å²) in [7, 11) is -3.60. The van der Waals surface area contributed by atoms with Crippen molar-refractivity contribution < 1.29 is 13.2 Å². The van der Waals surface area contributed by atoms with Crippen LogP contribution in [0, 0.1) is 0 Å². The number of piperazine rings is 1. The summed E-state index contributed by atoms with van der Waals surface area (Å²) in [5, 5.41) is 1.83. The third-order valence-electron chi connectivity index (χ3n) is 5.93. The van der Waals surface area contributed by atoms with Crippen LogP contribution in [0.2, 0.25) is 0 Å². The molecule has 5 rings (SSSR count). The van der Waals surface area contributed by atoms with Crippen LogP contribution in [0.1, 0.15) is 18.5 Å². The number of hydrogen-bond donors (Lipinski definition) is 0.